The second-order valence-electron chi connectivity index (χ2n) is 6.85. The number of halogens is 2. The van der Waals surface area contributed by atoms with Gasteiger partial charge in [0.25, 0.3) is 0 Å². The van der Waals surface area contributed by atoms with Gasteiger partial charge in [0.05, 0.1) is 29.9 Å². The van der Waals surface area contributed by atoms with Gasteiger partial charge in [0, 0.05) is 18.5 Å². The molecule has 0 bridgehead atoms. The molecule has 1 aliphatic heterocycles. The number of aromatic nitrogens is 1. The Balaban J connectivity index is 1.56. The van der Waals surface area contributed by atoms with Gasteiger partial charge in [-0.2, -0.15) is 5.10 Å². The van der Waals surface area contributed by atoms with Gasteiger partial charge in [0.15, 0.2) is 17.9 Å². The van der Waals surface area contributed by atoms with E-state index in [0.717, 1.165) is 25.9 Å². The van der Waals surface area contributed by atoms with Crippen molar-refractivity contribution >= 4 is 33.5 Å². The van der Waals surface area contributed by atoms with Crippen LogP contribution >= 0.6 is 11.3 Å². The Morgan fingerprint density at radius 1 is 1.50 bits per heavy atom. The van der Waals surface area contributed by atoms with Crippen molar-refractivity contribution in [3.8, 4) is 0 Å². The lowest BCUT2D eigenvalue weighted by Crippen LogP contribution is -2.28. The first-order valence-corrected chi connectivity index (χ1v) is 10.7. The largest absolute Gasteiger partial charge is 0.354 e. The van der Waals surface area contributed by atoms with Crippen LogP contribution in [0.1, 0.15) is 26.2 Å². The lowest BCUT2D eigenvalue weighted by Gasteiger charge is -2.24. The lowest BCUT2D eigenvalue weighted by molar-refractivity contribution is -0.164. The van der Waals surface area contributed by atoms with E-state index in [2.05, 4.69) is 22.0 Å². The first-order chi connectivity index (χ1) is 14.6. The van der Waals surface area contributed by atoms with E-state index >= 15 is 0 Å². The number of hydrogen-bond acceptors (Lipinski definition) is 7. The van der Waals surface area contributed by atoms with Gasteiger partial charge < -0.3 is 14.8 Å². The number of hydrogen-bond donors (Lipinski definition) is 1. The van der Waals surface area contributed by atoms with E-state index in [1.807, 2.05) is 0 Å². The van der Waals surface area contributed by atoms with E-state index in [9.17, 15) is 8.78 Å². The van der Waals surface area contributed by atoms with E-state index in [-0.39, 0.29) is 17.5 Å². The van der Waals surface area contributed by atoms with Gasteiger partial charge in [-0.25, -0.2) is 13.8 Å². The SMILES string of the molecule is C=CCN(CCOC1CCCCO1)/N=C\C=C(/C)Nc1c(F)cc2scnc2c1F. The summed E-state index contributed by atoms with van der Waals surface area (Å²) in [5.41, 5.74) is 1.96. The van der Waals surface area contributed by atoms with Crippen LogP contribution in [0.4, 0.5) is 14.5 Å². The Kier molecular flexibility index (Phi) is 8.30. The molecule has 2 heterocycles. The summed E-state index contributed by atoms with van der Waals surface area (Å²) in [6, 6.07) is 1.28. The van der Waals surface area contributed by atoms with E-state index in [1.165, 1.54) is 22.9 Å². The van der Waals surface area contributed by atoms with E-state index in [1.54, 1.807) is 30.3 Å². The summed E-state index contributed by atoms with van der Waals surface area (Å²) in [6.45, 7) is 7.80. The van der Waals surface area contributed by atoms with Crippen molar-refractivity contribution in [2.45, 2.75) is 32.5 Å². The number of benzene rings is 1. The van der Waals surface area contributed by atoms with Crippen LogP contribution in [-0.2, 0) is 9.47 Å². The predicted molar refractivity (Wildman–Crippen MR) is 117 cm³/mol. The highest BCUT2D eigenvalue weighted by Crippen LogP contribution is 2.30. The van der Waals surface area contributed by atoms with Crippen LogP contribution < -0.4 is 5.32 Å². The number of nitrogens with zero attached hydrogens (tertiary/aromatic N) is 3. The molecule has 1 aliphatic rings. The van der Waals surface area contributed by atoms with Gasteiger partial charge in [-0.3, -0.25) is 5.01 Å². The molecule has 0 saturated carbocycles. The van der Waals surface area contributed by atoms with Crippen molar-refractivity contribution < 1.29 is 18.3 Å². The lowest BCUT2D eigenvalue weighted by atomic mass is 10.2. The number of anilines is 1. The molecule has 6 nitrogen and oxygen atoms in total. The molecular formula is C21H26F2N4O2S. The van der Waals surface area contributed by atoms with Crippen molar-refractivity contribution in [2.75, 3.05) is 31.6 Å². The van der Waals surface area contributed by atoms with Crippen molar-refractivity contribution in [3.63, 3.8) is 0 Å². The minimum absolute atomic E-state index is 0.139. The summed E-state index contributed by atoms with van der Waals surface area (Å²) in [5.74, 6) is -1.37. The average molecular weight is 437 g/mol. The van der Waals surface area contributed by atoms with Crippen LogP contribution in [0.3, 0.4) is 0 Å². The van der Waals surface area contributed by atoms with Crippen LogP contribution in [0.15, 0.2) is 41.1 Å². The number of ether oxygens (including phenoxy) is 2. The van der Waals surface area contributed by atoms with Crippen molar-refractivity contribution in [1.29, 1.82) is 0 Å². The molecule has 9 heteroatoms. The van der Waals surface area contributed by atoms with Crippen LogP contribution in [-0.4, -0.2) is 48.8 Å². The Morgan fingerprint density at radius 2 is 2.37 bits per heavy atom. The zero-order chi connectivity index (χ0) is 21.3. The standard InChI is InChI=1S/C21H26F2N4O2S/c1-3-9-27(10-12-29-18-6-4-5-11-28-18)25-8-7-15(2)26-20-16(22)13-17-21(19(20)23)24-14-30-17/h3,7-8,13-14,18,26H,1,4-6,9-12H2,2H3/b15-7+,25-8-. The van der Waals surface area contributed by atoms with Gasteiger partial charge in [-0.1, -0.05) is 6.08 Å². The maximum Gasteiger partial charge on any atom is 0.176 e. The minimum atomic E-state index is -0.702. The Hall–Kier alpha value is -2.36. The normalized spacial score (nSPS) is 17.6. The first kappa shape index (κ1) is 22.3. The number of nitrogens with one attached hydrogen (secondary N) is 1. The fourth-order valence-electron chi connectivity index (χ4n) is 3.00. The van der Waals surface area contributed by atoms with E-state index in [4.69, 9.17) is 9.47 Å². The quantitative estimate of drug-likeness (QED) is 0.326. The zero-order valence-corrected chi connectivity index (χ0v) is 17.8. The van der Waals surface area contributed by atoms with E-state index in [0.29, 0.717) is 30.1 Å². The maximum atomic E-state index is 14.5. The number of rotatable bonds is 10. The Bertz CT molecular complexity index is 910. The predicted octanol–water partition coefficient (Wildman–Crippen LogP) is 4.91. The monoisotopic (exact) mass is 436 g/mol. The zero-order valence-electron chi connectivity index (χ0n) is 16.9. The molecule has 0 aliphatic carbocycles. The molecular weight excluding hydrogens is 410 g/mol. The van der Waals surface area contributed by atoms with Gasteiger partial charge in [0.1, 0.15) is 11.2 Å². The molecule has 30 heavy (non-hydrogen) atoms. The number of allylic oxidation sites excluding steroid dienone is 2. The smallest absolute Gasteiger partial charge is 0.176 e. The molecule has 1 unspecified atom stereocenters. The molecule has 3 rings (SSSR count). The van der Waals surface area contributed by atoms with Crippen molar-refractivity contribution in [2.24, 2.45) is 5.10 Å². The molecule has 2 aromatic rings. The summed E-state index contributed by atoms with van der Waals surface area (Å²) in [4.78, 5) is 3.95. The van der Waals surface area contributed by atoms with E-state index < -0.39 is 11.6 Å². The molecule has 1 atom stereocenters. The molecule has 0 amide bonds. The summed E-state index contributed by atoms with van der Waals surface area (Å²) in [6.07, 6.45) is 7.94. The van der Waals surface area contributed by atoms with Crippen molar-refractivity contribution in [1.82, 2.24) is 9.99 Å². The second kappa shape index (κ2) is 11.1. The second-order valence-corrected chi connectivity index (χ2v) is 7.74. The molecule has 1 aromatic carbocycles. The van der Waals surface area contributed by atoms with Crippen molar-refractivity contribution in [3.05, 3.63) is 47.6 Å². The topological polar surface area (TPSA) is 59.0 Å². The summed E-state index contributed by atoms with van der Waals surface area (Å²) in [7, 11) is 0. The first-order valence-electron chi connectivity index (χ1n) is 9.86. The van der Waals surface area contributed by atoms with Crippen LogP contribution in [0.2, 0.25) is 0 Å². The molecule has 0 radical (unpaired) electrons. The maximum absolute atomic E-state index is 14.5. The van der Waals surface area contributed by atoms with Crippen LogP contribution in [0.25, 0.3) is 10.2 Å². The van der Waals surface area contributed by atoms with Gasteiger partial charge in [0.2, 0.25) is 0 Å². The molecule has 1 fully saturated rings. The highest BCUT2D eigenvalue weighted by molar-refractivity contribution is 7.16. The fourth-order valence-corrected chi connectivity index (χ4v) is 3.70. The summed E-state index contributed by atoms with van der Waals surface area (Å²) >= 11 is 1.19. The number of hydrazone groups is 1. The van der Waals surface area contributed by atoms with Gasteiger partial charge in [-0.05, 0) is 38.3 Å². The number of fused-ring (bicyclic) bond motifs is 1. The molecule has 1 aromatic heterocycles. The summed E-state index contributed by atoms with van der Waals surface area (Å²) < 4.78 is 40.5. The van der Waals surface area contributed by atoms with Gasteiger partial charge in [-0.15, -0.1) is 17.9 Å². The molecule has 1 N–H and O–H groups in total. The third-order valence-electron chi connectivity index (χ3n) is 4.53. The Morgan fingerprint density at radius 3 is 3.13 bits per heavy atom. The fraction of sp³-hybridized carbons (Fsp3) is 0.429. The average Bonchev–Trinajstić information content (AvgIpc) is 3.20. The van der Waals surface area contributed by atoms with Gasteiger partial charge >= 0.3 is 0 Å². The van der Waals surface area contributed by atoms with Crippen LogP contribution in [0.5, 0.6) is 0 Å². The Labute approximate surface area is 178 Å². The molecule has 1 saturated heterocycles. The summed E-state index contributed by atoms with van der Waals surface area (Å²) in [5, 5.41) is 8.92. The third kappa shape index (κ3) is 6.07. The number of thiazole rings is 1. The molecule has 162 valence electrons. The van der Waals surface area contributed by atoms with Crippen LogP contribution in [0, 0.1) is 11.6 Å². The highest BCUT2D eigenvalue weighted by atomic mass is 32.1. The highest BCUT2D eigenvalue weighted by Gasteiger charge is 2.16. The third-order valence-corrected chi connectivity index (χ3v) is 5.30. The minimum Gasteiger partial charge on any atom is -0.354 e. The molecule has 0 spiro atoms.